The van der Waals surface area contributed by atoms with Crippen molar-refractivity contribution >= 4 is 5.91 Å². The van der Waals surface area contributed by atoms with Crippen LogP contribution in [0.2, 0.25) is 0 Å². The van der Waals surface area contributed by atoms with Crippen molar-refractivity contribution < 1.29 is 9.21 Å². The quantitative estimate of drug-likeness (QED) is 0.669. The Kier molecular flexibility index (Phi) is 6.32. The van der Waals surface area contributed by atoms with E-state index in [2.05, 4.69) is 75.9 Å². The molecule has 166 valence electrons. The Morgan fingerprint density at radius 3 is 2.09 bits per heavy atom. The number of carbonyl (C=O) groups is 1. The van der Waals surface area contributed by atoms with E-state index in [-0.39, 0.29) is 11.9 Å². The van der Waals surface area contributed by atoms with Crippen molar-refractivity contribution in [1.29, 1.82) is 0 Å². The average molecular weight is 431 g/mol. The maximum atomic E-state index is 13.1. The van der Waals surface area contributed by atoms with Crippen molar-refractivity contribution in [2.75, 3.05) is 39.3 Å². The first-order chi connectivity index (χ1) is 15.8. The van der Waals surface area contributed by atoms with Crippen LogP contribution in [0.4, 0.5) is 0 Å². The molecule has 1 aromatic heterocycles. The average Bonchev–Trinajstić information content (AvgIpc) is 3.37. The predicted molar refractivity (Wildman–Crippen MR) is 124 cm³/mol. The van der Waals surface area contributed by atoms with E-state index in [0.717, 1.165) is 39.0 Å². The van der Waals surface area contributed by atoms with E-state index in [1.807, 2.05) is 4.90 Å². The van der Waals surface area contributed by atoms with E-state index in [1.165, 1.54) is 11.1 Å². The Balaban J connectivity index is 1.26. The van der Waals surface area contributed by atoms with E-state index in [4.69, 9.17) is 4.42 Å². The van der Waals surface area contributed by atoms with Gasteiger partial charge in [0.15, 0.2) is 11.6 Å². The SMILES string of the molecule is O=C(c1coc(C2CCNCC2)n1)N1CCN(C(c2ccccc2)c2ccccc2)CC1. The van der Waals surface area contributed by atoms with Gasteiger partial charge in [-0.25, -0.2) is 4.98 Å². The molecule has 2 aliphatic rings. The molecule has 0 spiro atoms. The molecule has 0 saturated carbocycles. The van der Waals surface area contributed by atoms with Gasteiger partial charge >= 0.3 is 0 Å². The molecule has 32 heavy (non-hydrogen) atoms. The molecule has 0 bridgehead atoms. The number of hydrogen-bond donors (Lipinski definition) is 1. The summed E-state index contributed by atoms with van der Waals surface area (Å²) in [7, 11) is 0. The molecular formula is C26H30N4O2. The van der Waals surface area contributed by atoms with E-state index in [1.54, 1.807) is 6.26 Å². The lowest BCUT2D eigenvalue weighted by molar-refractivity contribution is 0.0591. The number of rotatable bonds is 5. The number of carbonyl (C=O) groups excluding carboxylic acids is 1. The number of oxazole rings is 1. The van der Waals surface area contributed by atoms with Crippen molar-refractivity contribution in [2.24, 2.45) is 0 Å². The molecule has 3 heterocycles. The highest BCUT2D eigenvalue weighted by Gasteiger charge is 2.30. The van der Waals surface area contributed by atoms with Crippen LogP contribution in [0.1, 0.15) is 52.3 Å². The third-order valence-electron chi connectivity index (χ3n) is 6.63. The van der Waals surface area contributed by atoms with Gasteiger partial charge in [0.05, 0.1) is 6.04 Å². The molecule has 2 aliphatic heterocycles. The second-order valence-corrected chi connectivity index (χ2v) is 8.65. The summed E-state index contributed by atoms with van der Waals surface area (Å²) in [6.45, 7) is 4.96. The Morgan fingerprint density at radius 1 is 0.906 bits per heavy atom. The van der Waals surface area contributed by atoms with Crippen molar-refractivity contribution in [2.45, 2.75) is 24.8 Å². The van der Waals surface area contributed by atoms with Crippen LogP contribution in [0, 0.1) is 0 Å². The van der Waals surface area contributed by atoms with Gasteiger partial charge < -0.3 is 14.6 Å². The van der Waals surface area contributed by atoms with Gasteiger partial charge in [-0.2, -0.15) is 0 Å². The van der Waals surface area contributed by atoms with E-state index in [0.29, 0.717) is 30.6 Å². The summed E-state index contributed by atoms with van der Waals surface area (Å²) < 4.78 is 5.69. The zero-order chi connectivity index (χ0) is 21.8. The molecule has 0 unspecified atom stereocenters. The van der Waals surface area contributed by atoms with Crippen LogP contribution < -0.4 is 5.32 Å². The number of piperazine rings is 1. The molecule has 6 nitrogen and oxygen atoms in total. The van der Waals surface area contributed by atoms with Crippen molar-refractivity contribution in [1.82, 2.24) is 20.1 Å². The van der Waals surface area contributed by atoms with E-state index < -0.39 is 0 Å². The fourth-order valence-electron chi connectivity index (χ4n) is 4.87. The minimum Gasteiger partial charge on any atom is -0.448 e. The first-order valence-electron chi connectivity index (χ1n) is 11.6. The maximum absolute atomic E-state index is 13.1. The number of nitrogens with one attached hydrogen (secondary N) is 1. The van der Waals surface area contributed by atoms with Gasteiger partial charge in [0.25, 0.3) is 5.91 Å². The molecule has 1 N–H and O–H groups in total. The van der Waals surface area contributed by atoms with Gasteiger partial charge in [-0.3, -0.25) is 9.69 Å². The number of aromatic nitrogens is 1. The lowest BCUT2D eigenvalue weighted by Gasteiger charge is -2.39. The highest BCUT2D eigenvalue weighted by molar-refractivity contribution is 5.92. The standard InChI is InChI=1S/C26H30N4O2/c31-26(23-19-32-25(28-23)22-11-13-27-14-12-22)30-17-15-29(16-18-30)24(20-7-3-1-4-8-20)21-9-5-2-6-10-21/h1-10,19,22,24,27H,11-18H2. The fourth-order valence-corrected chi connectivity index (χ4v) is 4.87. The summed E-state index contributed by atoms with van der Waals surface area (Å²) in [4.78, 5) is 22.0. The lowest BCUT2D eigenvalue weighted by Crippen LogP contribution is -2.50. The Hall–Kier alpha value is -2.96. The number of piperidine rings is 1. The molecule has 0 atom stereocenters. The van der Waals surface area contributed by atoms with Crippen LogP contribution in [0.15, 0.2) is 71.3 Å². The molecule has 3 aromatic rings. The second-order valence-electron chi connectivity index (χ2n) is 8.65. The van der Waals surface area contributed by atoms with E-state index in [9.17, 15) is 4.79 Å². The molecule has 2 saturated heterocycles. The monoisotopic (exact) mass is 430 g/mol. The first kappa shape index (κ1) is 20.9. The molecule has 2 aromatic carbocycles. The van der Waals surface area contributed by atoms with Gasteiger partial charge in [-0.1, -0.05) is 60.7 Å². The van der Waals surface area contributed by atoms with Crippen LogP contribution in [0.5, 0.6) is 0 Å². The van der Waals surface area contributed by atoms with Gasteiger partial charge in [0, 0.05) is 32.1 Å². The number of nitrogens with zero attached hydrogens (tertiary/aromatic N) is 3. The normalized spacial score (nSPS) is 18.2. The number of benzene rings is 2. The molecule has 6 heteroatoms. The van der Waals surface area contributed by atoms with Crippen LogP contribution in [0.3, 0.4) is 0 Å². The zero-order valence-corrected chi connectivity index (χ0v) is 18.3. The summed E-state index contributed by atoms with van der Waals surface area (Å²) in [5.74, 6) is 0.999. The molecule has 0 aliphatic carbocycles. The topological polar surface area (TPSA) is 61.6 Å². The highest BCUT2D eigenvalue weighted by Crippen LogP contribution is 2.30. The Labute approximate surface area is 189 Å². The van der Waals surface area contributed by atoms with E-state index >= 15 is 0 Å². The third-order valence-corrected chi connectivity index (χ3v) is 6.63. The Morgan fingerprint density at radius 2 is 1.50 bits per heavy atom. The minimum atomic E-state index is -0.0236. The first-order valence-corrected chi connectivity index (χ1v) is 11.6. The second kappa shape index (κ2) is 9.67. The number of hydrogen-bond acceptors (Lipinski definition) is 5. The molecule has 1 amide bonds. The summed E-state index contributed by atoms with van der Waals surface area (Å²) in [6, 6.07) is 21.4. The molecular weight excluding hydrogens is 400 g/mol. The number of amides is 1. The van der Waals surface area contributed by atoms with Gasteiger partial charge in [-0.05, 0) is 37.1 Å². The van der Waals surface area contributed by atoms with Crippen molar-refractivity contribution in [3.8, 4) is 0 Å². The predicted octanol–water partition coefficient (Wildman–Crippen LogP) is 3.69. The summed E-state index contributed by atoms with van der Waals surface area (Å²) in [6.07, 6.45) is 3.56. The largest absolute Gasteiger partial charge is 0.448 e. The van der Waals surface area contributed by atoms with Crippen LogP contribution >= 0.6 is 0 Å². The highest BCUT2D eigenvalue weighted by atomic mass is 16.3. The molecule has 2 fully saturated rings. The maximum Gasteiger partial charge on any atom is 0.275 e. The fraction of sp³-hybridized carbons (Fsp3) is 0.385. The van der Waals surface area contributed by atoms with Gasteiger partial charge in [0.2, 0.25) is 0 Å². The van der Waals surface area contributed by atoms with Gasteiger partial charge in [0.1, 0.15) is 6.26 Å². The smallest absolute Gasteiger partial charge is 0.275 e. The zero-order valence-electron chi connectivity index (χ0n) is 18.3. The summed E-state index contributed by atoms with van der Waals surface area (Å²) in [5, 5.41) is 3.35. The van der Waals surface area contributed by atoms with Crippen LogP contribution in [0.25, 0.3) is 0 Å². The van der Waals surface area contributed by atoms with Crippen LogP contribution in [-0.2, 0) is 0 Å². The Bertz CT molecular complexity index is 967. The van der Waals surface area contributed by atoms with Crippen molar-refractivity contribution in [3.63, 3.8) is 0 Å². The van der Waals surface area contributed by atoms with Crippen LogP contribution in [-0.4, -0.2) is 60.0 Å². The minimum absolute atomic E-state index is 0.0236. The van der Waals surface area contributed by atoms with Gasteiger partial charge in [-0.15, -0.1) is 0 Å². The summed E-state index contributed by atoms with van der Waals surface area (Å²) in [5.41, 5.74) is 3.00. The summed E-state index contributed by atoms with van der Waals surface area (Å²) >= 11 is 0. The third kappa shape index (κ3) is 4.47. The molecule has 0 radical (unpaired) electrons. The molecule has 5 rings (SSSR count). The van der Waals surface area contributed by atoms with Crippen molar-refractivity contribution in [3.05, 3.63) is 89.6 Å². The lowest BCUT2D eigenvalue weighted by atomic mass is 9.96.